The quantitative estimate of drug-likeness (QED) is 0.868. The molecule has 0 spiro atoms. The van der Waals surface area contributed by atoms with Crippen molar-refractivity contribution >= 4 is 17.9 Å². The molecule has 0 unspecified atom stereocenters. The zero-order valence-corrected chi connectivity index (χ0v) is 12.6. The van der Waals surface area contributed by atoms with Crippen LogP contribution in [-0.4, -0.2) is 29.8 Å². The highest BCUT2D eigenvalue weighted by atomic mass is 16.2. The van der Waals surface area contributed by atoms with Gasteiger partial charge in [-0.15, -0.1) is 0 Å². The number of carbonyl (C=O) groups excluding carboxylic acids is 2. The first-order valence-electron chi connectivity index (χ1n) is 7.40. The molecule has 0 saturated carbocycles. The summed E-state index contributed by atoms with van der Waals surface area (Å²) in [6.07, 6.45) is 3.77. The fourth-order valence-corrected chi connectivity index (χ4v) is 2.44. The summed E-state index contributed by atoms with van der Waals surface area (Å²) in [5.74, 6) is 0.341. The number of nitrogens with one attached hydrogen (secondary N) is 1. The molecule has 1 aromatic carbocycles. The van der Waals surface area contributed by atoms with Crippen LogP contribution in [-0.2, 0) is 9.59 Å². The number of likely N-dealkylation sites (tertiary alicyclic amines) is 1. The van der Waals surface area contributed by atoms with Crippen molar-refractivity contribution in [1.82, 2.24) is 10.2 Å². The first-order valence-corrected chi connectivity index (χ1v) is 7.40. The van der Waals surface area contributed by atoms with E-state index in [-0.39, 0.29) is 11.8 Å². The Balaban J connectivity index is 2.17. The Labute approximate surface area is 125 Å². The number of carbonyl (C=O) groups is 2. The van der Waals surface area contributed by atoms with Crippen LogP contribution in [0.5, 0.6) is 0 Å². The third-order valence-corrected chi connectivity index (χ3v) is 3.72. The summed E-state index contributed by atoms with van der Waals surface area (Å²) in [7, 11) is 0. The molecule has 1 N–H and O–H groups in total. The molecular weight excluding hydrogens is 264 g/mol. The van der Waals surface area contributed by atoms with Gasteiger partial charge in [0.15, 0.2) is 0 Å². The van der Waals surface area contributed by atoms with Gasteiger partial charge in [0, 0.05) is 20.0 Å². The summed E-state index contributed by atoms with van der Waals surface area (Å²) in [6, 6.07) is 9.55. The molecule has 112 valence electrons. The van der Waals surface area contributed by atoms with Crippen LogP contribution >= 0.6 is 0 Å². The summed E-state index contributed by atoms with van der Waals surface area (Å²) >= 11 is 0. The highest BCUT2D eigenvalue weighted by Crippen LogP contribution is 2.18. The molecule has 0 bridgehead atoms. The van der Waals surface area contributed by atoms with Gasteiger partial charge in [0.05, 0.1) is 0 Å². The zero-order valence-electron chi connectivity index (χ0n) is 12.6. The minimum absolute atomic E-state index is 0.0963. The van der Waals surface area contributed by atoms with E-state index in [1.807, 2.05) is 35.2 Å². The van der Waals surface area contributed by atoms with E-state index in [1.54, 1.807) is 6.08 Å². The Bertz CT molecular complexity index is 529. The van der Waals surface area contributed by atoms with E-state index in [0.717, 1.165) is 31.5 Å². The van der Waals surface area contributed by atoms with Crippen molar-refractivity contribution in [2.24, 2.45) is 5.92 Å². The monoisotopic (exact) mass is 286 g/mol. The Morgan fingerprint density at radius 1 is 1.19 bits per heavy atom. The average Bonchev–Trinajstić information content (AvgIpc) is 2.47. The van der Waals surface area contributed by atoms with E-state index in [2.05, 4.69) is 12.2 Å². The number of piperidine rings is 1. The van der Waals surface area contributed by atoms with E-state index in [4.69, 9.17) is 0 Å². The lowest BCUT2D eigenvalue weighted by molar-refractivity contribution is -0.130. The summed E-state index contributed by atoms with van der Waals surface area (Å²) < 4.78 is 0. The standard InChI is InChI=1S/C17H22N2O2/c1-13-8-10-19(11-9-13)17(21)16(18-14(2)20)12-15-6-4-3-5-7-15/h3-7,12-13H,8-11H2,1-2H3,(H,18,20)/b16-12+. The second-order valence-electron chi connectivity index (χ2n) is 5.62. The fourth-order valence-electron chi connectivity index (χ4n) is 2.44. The summed E-state index contributed by atoms with van der Waals surface area (Å²) in [5.41, 5.74) is 1.25. The van der Waals surface area contributed by atoms with Crippen molar-refractivity contribution in [2.45, 2.75) is 26.7 Å². The number of rotatable bonds is 3. The lowest BCUT2D eigenvalue weighted by atomic mass is 9.99. The third kappa shape index (κ3) is 4.45. The average molecular weight is 286 g/mol. The maximum absolute atomic E-state index is 12.6. The summed E-state index contributed by atoms with van der Waals surface area (Å²) in [5, 5.41) is 2.67. The van der Waals surface area contributed by atoms with Crippen molar-refractivity contribution in [3.8, 4) is 0 Å². The molecule has 0 aliphatic carbocycles. The number of benzene rings is 1. The summed E-state index contributed by atoms with van der Waals surface area (Å²) in [6.45, 7) is 5.14. The first kappa shape index (κ1) is 15.3. The van der Waals surface area contributed by atoms with Gasteiger partial charge >= 0.3 is 0 Å². The SMILES string of the molecule is CC(=O)N/C(=C/c1ccccc1)C(=O)N1CCC(C)CC1. The summed E-state index contributed by atoms with van der Waals surface area (Å²) in [4.78, 5) is 25.8. The van der Waals surface area contributed by atoms with Crippen molar-refractivity contribution in [1.29, 1.82) is 0 Å². The molecule has 1 aliphatic rings. The van der Waals surface area contributed by atoms with E-state index >= 15 is 0 Å². The van der Waals surface area contributed by atoms with Crippen LogP contribution in [0.25, 0.3) is 6.08 Å². The number of hydrogen-bond donors (Lipinski definition) is 1. The van der Waals surface area contributed by atoms with Gasteiger partial charge in [0.2, 0.25) is 5.91 Å². The largest absolute Gasteiger partial charge is 0.337 e. The van der Waals surface area contributed by atoms with Crippen LogP contribution in [0.4, 0.5) is 0 Å². The molecule has 0 radical (unpaired) electrons. The van der Waals surface area contributed by atoms with Crippen LogP contribution in [0, 0.1) is 5.92 Å². The Hall–Kier alpha value is -2.10. The Morgan fingerprint density at radius 3 is 2.38 bits per heavy atom. The van der Waals surface area contributed by atoms with Gasteiger partial charge in [-0.2, -0.15) is 0 Å². The molecule has 1 fully saturated rings. The molecule has 21 heavy (non-hydrogen) atoms. The van der Waals surface area contributed by atoms with Gasteiger partial charge in [0.25, 0.3) is 5.91 Å². The van der Waals surface area contributed by atoms with Crippen molar-refractivity contribution in [3.63, 3.8) is 0 Å². The van der Waals surface area contributed by atoms with E-state index in [9.17, 15) is 9.59 Å². The van der Waals surface area contributed by atoms with Gasteiger partial charge < -0.3 is 10.2 Å². The van der Waals surface area contributed by atoms with Gasteiger partial charge in [0.1, 0.15) is 5.70 Å². The van der Waals surface area contributed by atoms with Crippen LogP contribution in [0.3, 0.4) is 0 Å². The molecule has 2 rings (SSSR count). The molecule has 1 aromatic rings. The molecule has 1 aliphatic heterocycles. The van der Waals surface area contributed by atoms with Crippen molar-refractivity contribution in [2.75, 3.05) is 13.1 Å². The van der Waals surface area contributed by atoms with Crippen LogP contribution in [0.15, 0.2) is 36.0 Å². The second-order valence-corrected chi connectivity index (χ2v) is 5.62. The van der Waals surface area contributed by atoms with E-state index < -0.39 is 0 Å². The predicted molar refractivity (Wildman–Crippen MR) is 83.2 cm³/mol. The predicted octanol–water partition coefficient (Wildman–Crippen LogP) is 2.42. The zero-order chi connectivity index (χ0) is 15.2. The van der Waals surface area contributed by atoms with Crippen LogP contribution in [0.1, 0.15) is 32.3 Å². The molecule has 0 atom stereocenters. The van der Waals surface area contributed by atoms with Gasteiger partial charge in [-0.25, -0.2) is 0 Å². The topological polar surface area (TPSA) is 49.4 Å². The van der Waals surface area contributed by atoms with Gasteiger partial charge in [-0.05, 0) is 30.4 Å². The van der Waals surface area contributed by atoms with Crippen molar-refractivity contribution in [3.05, 3.63) is 41.6 Å². The van der Waals surface area contributed by atoms with E-state index in [1.165, 1.54) is 6.92 Å². The number of amides is 2. The molecule has 4 nitrogen and oxygen atoms in total. The number of hydrogen-bond acceptors (Lipinski definition) is 2. The maximum atomic E-state index is 12.6. The fraction of sp³-hybridized carbons (Fsp3) is 0.412. The highest BCUT2D eigenvalue weighted by Gasteiger charge is 2.23. The smallest absolute Gasteiger partial charge is 0.270 e. The van der Waals surface area contributed by atoms with Gasteiger partial charge in [-0.1, -0.05) is 37.3 Å². The Kier molecular flexibility index (Phi) is 5.14. The van der Waals surface area contributed by atoms with Crippen LogP contribution in [0.2, 0.25) is 0 Å². The van der Waals surface area contributed by atoms with Crippen molar-refractivity contribution < 1.29 is 9.59 Å². The second kappa shape index (κ2) is 7.07. The molecule has 1 saturated heterocycles. The minimum atomic E-state index is -0.226. The Morgan fingerprint density at radius 2 is 1.81 bits per heavy atom. The molecule has 4 heteroatoms. The number of nitrogens with zero attached hydrogens (tertiary/aromatic N) is 1. The molecule has 1 heterocycles. The molecule has 0 aromatic heterocycles. The maximum Gasteiger partial charge on any atom is 0.270 e. The van der Waals surface area contributed by atoms with Gasteiger partial charge in [-0.3, -0.25) is 9.59 Å². The normalized spacial score (nSPS) is 16.7. The molecule has 2 amide bonds. The third-order valence-electron chi connectivity index (χ3n) is 3.72. The molecular formula is C17H22N2O2. The first-order chi connectivity index (χ1) is 10.1. The lowest BCUT2D eigenvalue weighted by Gasteiger charge is -2.31. The van der Waals surface area contributed by atoms with E-state index in [0.29, 0.717) is 11.6 Å². The highest BCUT2D eigenvalue weighted by molar-refractivity contribution is 6.00. The lowest BCUT2D eigenvalue weighted by Crippen LogP contribution is -2.42. The van der Waals surface area contributed by atoms with Crippen LogP contribution < -0.4 is 5.32 Å². The minimum Gasteiger partial charge on any atom is -0.337 e.